The first-order chi connectivity index (χ1) is 11.9. The van der Waals surface area contributed by atoms with Crippen LogP contribution in [0.4, 0.5) is 0 Å². The van der Waals surface area contributed by atoms with Crippen LogP contribution >= 0.6 is 0 Å². The number of hydrogen-bond acceptors (Lipinski definition) is 4. The zero-order valence-electron chi connectivity index (χ0n) is 15.1. The quantitative estimate of drug-likeness (QED) is 0.779. The molecule has 0 saturated carbocycles. The van der Waals surface area contributed by atoms with E-state index in [2.05, 4.69) is 4.72 Å². The molecule has 0 radical (unpaired) electrons. The Balaban J connectivity index is 2.16. The third kappa shape index (κ3) is 4.96. The van der Waals surface area contributed by atoms with Crippen molar-refractivity contribution >= 4 is 10.0 Å². The highest BCUT2D eigenvalue weighted by Gasteiger charge is 2.15. The first-order valence-electron chi connectivity index (χ1n) is 8.32. The number of aryl methyl sites for hydroxylation is 2. The predicted octanol–water partition coefficient (Wildman–Crippen LogP) is 3.58. The highest BCUT2D eigenvalue weighted by Crippen LogP contribution is 2.28. The topological polar surface area (TPSA) is 64.6 Å². The fourth-order valence-corrected chi connectivity index (χ4v) is 3.45. The standard InChI is InChI=1S/C19H25NO4S/c1-5-23-18-10-8-16(12-19(18)24-6-2)13-20-25(21,22)17-9-7-14(3)15(4)11-17/h7-12,20H,5-6,13H2,1-4H3. The van der Waals surface area contributed by atoms with E-state index in [1.165, 1.54) is 0 Å². The van der Waals surface area contributed by atoms with Crippen LogP contribution in [0.1, 0.15) is 30.5 Å². The Morgan fingerprint density at radius 3 is 2.20 bits per heavy atom. The Hall–Kier alpha value is -2.05. The lowest BCUT2D eigenvalue weighted by molar-refractivity contribution is 0.287. The second-order valence-corrected chi connectivity index (χ2v) is 7.48. The van der Waals surface area contributed by atoms with E-state index in [1.54, 1.807) is 24.3 Å². The molecule has 0 amide bonds. The van der Waals surface area contributed by atoms with Gasteiger partial charge in [0, 0.05) is 6.54 Å². The van der Waals surface area contributed by atoms with Crippen molar-refractivity contribution in [2.24, 2.45) is 0 Å². The summed E-state index contributed by atoms with van der Waals surface area (Å²) in [6.07, 6.45) is 0. The van der Waals surface area contributed by atoms with Gasteiger partial charge in [-0.25, -0.2) is 13.1 Å². The summed E-state index contributed by atoms with van der Waals surface area (Å²) in [6.45, 7) is 8.88. The smallest absolute Gasteiger partial charge is 0.240 e. The molecule has 5 nitrogen and oxygen atoms in total. The van der Waals surface area contributed by atoms with Crippen LogP contribution in [0.25, 0.3) is 0 Å². The largest absolute Gasteiger partial charge is 0.490 e. The van der Waals surface area contributed by atoms with Crippen LogP contribution in [-0.4, -0.2) is 21.6 Å². The second kappa shape index (κ2) is 8.36. The highest BCUT2D eigenvalue weighted by atomic mass is 32.2. The van der Waals surface area contributed by atoms with E-state index in [0.717, 1.165) is 16.7 Å². The summed E-state index contributed by atoms with van der Waals surface area (Å²) in [5.74, 6) is 1.28. The molecule has 2 rings (SSSR count). The Morgan fingerprint density at radius 2 is 1.56 bits per heavy atom. The molecular formula is C19H25NO4S. The van der Waals surface area contributed by atoms with E-state index in [1.807, 2.05) is 39.8 Å². The molecule has 1 N–H and O–H groups in total. The average Bonchev–Trinajstić information content (AvgIpc) is 2.58. The number of rotatable bonds is 8. The molecule has 25 heavy (non-hydrogen) atoms. The maximum Gasteiger partial charge on any atom is 0.240 e. The summed E-state index contributed by atoms with van der Waals surface area (Å²) in [6, 6.07) is 10.5. The van der Waals surface area contributed by atoms with Gasteiger partial charge in [0.15, 0.2) is 11.5 Å². The number of sulfonamides is 1. The van der Waals surface area contributed by atoms with Gasteiger partial charge in [0.2, 0.25) is 10.0 Å². The molecule has 0 fully saturated rings. The maximum absolute atomic E-state index is 12.5. The van der Waals surface area contributed by atoms with E-state index >= 15 is 0 Å². The van der Waals surface area contributed by atoms with E-state index in [0.29, 0.717) is 24.7 Å². The third-order valence-corrected chi connectivity index (χ3v) is 5.26. The maximum atomic E-state index is 12.5. The van der Waals surface area contributed by atoms with Gasteiger partial charge in [-0.3, -0.25) is 0 Å². The van der Waals surface area contributed by atoms with Crippen LogP contribution < -0.4 is 14.2 Å². The number of benzene rings is 2. The molecule has 136 valence electrons. The summed E-state index contributed by atoms with van der Waals surface area (Å²) in [5.41, 5.74) is 2.81. The van der Waals surface area contributed by atoms with Crippen molar-refractivity contribution in [1.29, 1.82) is 0 Å². The lowest BCUT2D eigenvalue weighted by atomic mass is 10.1. The predicted molar refractivity (Wildman–Crippen MR) is 98.7 cm³/mol. The minimum atomic E-state index is -3.57. The molecule has 0 heterocycles. The number of ether oxygens (including phenoxy) is 2. The molecule has 2 aromatic rings. The van der Waals surface area contributed by atoms with Crippen molar-refractivity contribution in [1.82, 2.24) is 4.72 Å². The minimum Gasteiger partial charge on any atom is -0.490 e. The van der Waals surface area contributed by atoms with Crippen LogP contribution in [-0.2, 0) is 16.6 Å². The average molecular weight is 363 g/mol. The normalized spacial score (nSPS) is 11.4. The van der Waals surface area contributed by atoms with Gasteiger partial charge in [0.1, 0.15) is 0 Å². The van der Waals surface area contributed by atoms with Gasteiger partial charge in [-0.2, -0.15) is 0 Å². The molecule has 0 aliphatic heterocycles. The molecule has 0 bridgehead atoms. The molecule has 0 saturated heterocycles. The summed E-state index contributed by atoms with van der Waals surface area (Å²) in [7, 11) is -3.57. The van der Waals surface area contributed by atoms with Crippen LogP contribution in [0.2, 0.25) is 0 Å². The summed E-state index contributed by atoms with van der Waals surface area (Å²) >= 11 is 0. The highest BCUT2D eigenvalue weighted by molar-refractivity contribution is 7.89. The molecule has 0 aromatic heterocycles. The van der Waals surface area contributed by atoms with Crippen LogP contribution in [0.5, 0.6) is 11.5 Å². The zero-order valence-corrected chi connectivity index (χ0v) is 15.9. The van der Waals surface area contributed by atoms with Crippen molar-refractivity contribution in [3.63, 3.8) is 0 Å². The van der Waals surface area contributed by atoms with Crippen molar-refractivity contribution in [2.45, 2.75) is 39.1 Å². The van der Waals surface area contributed by atoms with E-state index in [4.69, 9.17) is 9.47 Å². The van der Waals surface area contributed by atoms with E-state index in [9.17, 15) is 8.42 Å². The molecule has 0 unspecified atom stereocenters. The summed E-state index contributed by atoms with van der Waals surface area (Å²) in [4.78, 5) is 0.270. The molecule has 0 aliphatic carbocycles. The van der Waals surface area contributed by atoms with Gasteiger partial charge in [0.05, 0.1) is 18.1 Å². The van der Waals surface area contributed by atoms with Crippen molar-refractivity contribution in [2.75, 3.05) is 13.2 Å². The molecule has 6 heteroatoms. The Bertz CT molecular complexity index is 831. The van der Waals surface area contributed by atoms with Gasteiger partial charge in [-0.05, 0) is 68.7 Å². The zero-order chi connectivity index (χ0) is 18.4. The van der Waals surface area contributed by atoms with Crippen molar-refractivity contribution in [3.05, 3.63) is 53.1 Å². The first kappa shape index (κ1) is 19.3. The monoisotopic (exact) mass is 363 g/mol. The van der Waals surface area contributed by atoms with Crippen LogP contribution in [0, 0.1) is 13.8 Å². The summed E-state index contributed by atoms with van der Waals surface area (Å²) in [5, 5.41) is 0. The minimum absolute atomic E-state index is 0.182. The molecule has 0 spiro atoms. The summed E-state index contributed by atoms with van der Waals surface area (Å²) < 4.78 is 38.7. The SMILES string of the molecule is CCOc1ccc(CNS(=O)(=O)c2ccc(C)c(C)c2)cc1OCC. The fourth-order valence-electron chi connectivity index (χ4n) is 2.35. The van der Waals surface area contributed by atoms with Gasteiger partial charge >= 0.3 is 0 Å². The molecule has 2 aromatic carbocycles. The Labute approximate surface area is 150 Å². The Morgan fingerprint density at radius 1 is 0.880 bits per heavy atom. The number of nitrogens with one attached hydrogen (secondary N) is 1. The molecular weight excluding hydrogens is 338 g/mol. The van der Waals surface area contributed by atoms with Crippen molar-refractivity contribution < 1.29 is 17.9 Å². The third-order valence-electron chi connectivity index (χ3n) is 3.86. The van der Waals surface area contributed by atoms with Crippen LogP contribution in [0.3, 0.4) is 0 Å². The molecule has 0 atom stereocenters. The van der Waals surface area contributed by atoms with Gasteiger partial charge in [-0.1, -0.05) is 12.1 Å². The fraction of sp³-hybridized carbons (Fsp3) is 0.368. The molecule has 0 aliphatic rings. The number of hydrogen-bond donors (Lipinski definition) is 1. The van der Waals surface area contributed by atoms with Gasteiger partial charge in [0.25, 0.3) is 0 Å². The van der Waals surface area contributed by atoms with E-state index < -0.39 is 10.0 Å². The lowest BCUT2D eigenvalue weighted by Gasteiger charge is -2.13. The second-order valence-electron chi connectivity index (χ2n) is 5.72. The van der Waals surface area contributed by atoms with Crippen molar-refractivity contribution in [3.8, 4) is 11.5 Å². The lowest BCUT2D eigenvalue weighted by Crippen LogP contribution is -2.23. The Kier molecular flexibility index (Phi) is 6.45. The first-order valence-corrected chi connectivity index (χ1v) is 9.81. The van der Waals surface area contributed by atoms with Gasteiger partial charge < -0.3 is 9.47 Å². The van der Waals surface area contributed by atoms with Gasteiger partial charge in [-0.15, -0.1) is 0 Å². The van der Waals surface area contributed by atoms with Crippen LogP contribution in [0.15, 0.2) is 41.3 Å². The van der Waals surface area contributed by atoms with E-state index in [-0.39, 0.29) is 11.4 Å².